The summed E-state index contributed by atoms with van der Waals surface area (Å²) < 4.78 is 35.7. The summed E-state index contributed by atoms with van der Waals surface area (Å²) in [5.74, 6) is -0.566. The van der Waals surface area contributed by atoms with Crippen LogP contribution in [0.4, 0.5) is 14.5 Å². The van der Waals surface area contributed by atoms with Gasteiger partial charge in [-0.2, -0.15) is 5.10 Å². The molecule has 10 heteroatoms. The second-order valence-electron chi connectivity index (χ2n) is 10.7. The lowest BCUT2D eigenvalue weighted by atomic mass is 9.91. The molecule has 2 saturated heterocycles. The summed E-state index contributed by atoms with van der Waals surface area (Å²) in [6.07, 6.45) is 8.51. The zero-order valence-electron chi connectivity index (χ0n) is 22.3. The molecule has 3 aromatic rings. The SMILES string of the molecule is OC(CN1CCC(Nc2ccc(OCCN3CCCCC3)cc2)CC1)(Cn1cncn1)c1ccc(F)cc1F. The van der Waals surface area contributed by atoms with Gasteiger partial charge in [-0.25, -0.2) is 18.4 Å². The van der Waals surface area contributed by atoms with Crippen LogP contribution in [0.3, 0.4) is 0 Å². The fourth-order valence-electron chi connectivity index (χ4n) is 5.63. The van der Waals surface area contributed by atoms with Gasteiger partial charge in [0.2, 0.25) is 0 Å². The second kappa shape index (κ2) is 12.8. The van der Waals surface area contributed by atoms with Gasteiger partial charge in [0.15, 0.2) is 0 Å². The predicted molar refractivity (Wildman–Crippen MR) is 146 cm³/mol. The largest absolute Gasteiger partial charge is 0.492 e. The lowest BCUT2D eigenvalue weighted by molar-refractivity contribution is -0.0260. The molecule has 2 aliphatic heterocycles. The van der Waals surface area contributed by atoms with Crippen LogP contribution in [-0.2, 0) is 12.1 Å². The van der Waals surface area contributed by atoms with Crippen molar-refractivity contribution in [3.8, 4) is 5.75 Å². The van der Waals surface area contributed by atoms with Crippen LogP contribution >= 0.6 is 0 Å². The lowest BCUT2D eigenvalue weighted by Gasteiger charge is -2.38. The Bertz CT molecular complexity index is 1170. The van der Waals surface area contributed by atoms with Crippen molar-refractivity contribution in [1.29, 1.82) is 0 Å². The van der Waals surface area contributed by atoms with Crippen LogP contribution < -0.4 is 10.1 Å². The number of hydrogen-bond donors (Lipinski definition) is 2. The number of rotatable bonds is 11. The van der Waals surface area contributed by atoms with E-state index in [2.05, 4.69) is 37.3 Å². The molecule has 1 unspecified atom stereocenters. The van der Waals surface area contributed by atoms with Crippen LogP contribution in [0.5, 0.6) is 5.75 Å². The first kappa shape index (κ1) is 27.5. The van der Waals surface area contributed by atoms with E-state index in [4.69, 9.17) is 4.74 Å². The summed E-state index contributed by atoms with van der Waals surface area (Å²) in [6.45, 7) is 5.71. The van der Waals surface area contributed by atoms with Crippen LogP contribution in [0.15, 0.2) is 55.1 Å². The Hall–Kier alpha value is -3.08. The quantitative estimate of drug-likeness (QED) is 0.382. The van der Waals surface area contributed by atoms with Gasteiger partial charge in [-0.1, -0.05) is 12.5 Å². The maximum Gasteiger partial charge on any atom is 0.137 e. The molecule has 0 amide bonds. The van der Waals surface area contributed by atoms with Crippen LogP contribution in [0.25, 0.3) is 0 Å². The number of aliphatic hydroxyl groups is 1. The van der Waals surface area contributed by atoms with Gasteiger partial charge < -0.3 is 15.2 Å². The normalized spacial score (nSPS) is 19.1. The molecule has 2 aromatic carbocycles. The molecule has 3 heterocycles. The second-order valence-corrected chi connectivity index (χ2v) is 10.7. The summed E-state index contributed by atoms with van der Waals surface area (Å²) >= 11 is 0. The fraction of sp³-hybridized carbons (Fsp3) is 0.517. The molecule has 1 atom stereocenters. The third kappa shape index (κ3) is 7.52. The van der Waals surface area contributed by atoms with E-state index in [0.29, 0.717) is 6.61 Å². The number of nitrogens with one attached hydrogen (secondary N) is 1. The number of ether oxygens (including phenoxy) is 1. The first-order chi connectivity index (χ1) is 19.0. The Morgan fingerprint density at radius 2 is 1.72 bits per heavy atom. The molecule has 2 fully saturated rings. The third-order valence-corrected chi connectivity index (χ3v) is 7.75. The molecule has 0 radical (unpaired) electrons. The van der Waals surface area contributed by atoms with E-state index in [1.807, 2.05) is 12.1 Å². The molecule has 0 aliphatic carbocycles. The number of β-amino-alcohol motifs (C(OH)–C–C–N with tert-alkyl or cyclic N) is 1. The molecule has 0 spiro atoms. The number of hydrogen-bond acceptors (Lipinski definition) is 7. The highest BCUT2D eigenvalue weighted by atomic mass is 19.1. The predicted octanol–water partition coefficient (Wildman–Crippen LogP) is 3.89. The average molecular weight is 541 g/mol. The van der Waals surface area contributed by atoms with Crippen molar-refractivity contribution in [3.05, 3.63) is 72.3 Å². The third-order valence-electron chi connectivity index (χ3n) is 7.75. The van der Waals surface area contributed by atoms with Gasteiger partial charge in [0.05, 0.1) is 6.54 Å². The Morgan fingerprint density at radius 1 is 0.949 bits per heavy atom. The summed E-state index contributed by atoms with van der Waals surface area (Å²) in [6, 6.07) is 11.7. The zero-order chi connectivity index (χ0) is 27.1. The zero-order valence-corrected chi connectivity index (χ0v) is 22.3. The molecule has 210 valence electrons. The highest BCUT2D eigenvalue weighted by molar-refractivity contribution is 5.47. The molecular formula is C29H38F2N6O2. The molecule has 2 aliphatic rings. The minimum Gasteiger partial charge on any atom is -0.492 e. The van der Waals surface area contributed by atoms with Crippen molar-refractivity contribution < 1.29 is 18.6 Å². The van der Waals surface area contributed by atoms with Gasteiger partial charge >= 0.3 is 0 Å². The summed E-state index contributed by atoms with van der Waals surface area (Å²) in [5, 5.41) is 19.3. The van der Waals surface area contributed by atoms with E-state index in [0.717, 1.165) is 50.0 Å². The number of aromatic nitrogens is 3. The van der Waals surface area contributed by atoms with Crippen LogP contribution in [-0.4, -0.2) is 81.6 Å². The number of anilines is 1. The number of halogens is 2. The van der Waals surface area contributed by atoms with Gasteiger partial charge in [0.25, 0.3) is 0 Å². The average Bonchev–Trinajstić information content (AvgIpc) is 3.44. The van der Waals surface area contributed by atoms with Gasteiger partial charge in [0.1, 0.15) is 42.2 Å². The molecule has 8 nitrogen and oxygen atoms in total. The van der Waals surface area contributed by atoms with E-state index in [9.17, 15) is 13.9 Å². The van der Waals surface area contributed by atoms with Gasteiger partial charge in [-0.05, 0) is 69.1 Å². The van der Waals surface area contributed by atoms with E-state index < -0.39 is 17.2 Å². The maximum atomic E-state index is 14.7. The number of benzene rings is 2. The molecule has 1 aromatic heterocycles. The minimum atomic E-state index is -1.59. The summed E-state index contributed by atoms with van der Waals surface area (Å²) in [7, 11) is 0. The van der Waals surface area contributed by atoms with Crippen molar-refractivity contribution in [3.63, 3.8) is 0 Å². The smallest absolute Gasteiger partial charge is 0.137 e. The number of piperidine rings is 2. The number of likely N-dealkylation sites (tertiary alicyclic amines) is 2. The Balaban J connectivity index is 1.12. The van der Waals surface area contributed by atoms with Crippen molar-refractivity contribution >= 4 is 5.69 Å². The fourth-order valence-corrected chi connectivity index (χ4v) is 5.63. The standard InChI is InChI=1S/C29H38F2N6O2/c30-23-4-9-27(28(31)18-23)29(38,20-37-22-32-21-33-37)19-36-14-10-25(11-15-36)34-24-5-7-26(8-6-24)39-17-16-35-12-2-1-3-13-35/h4-9,18,21-22,25,34,38H,1-3,10-17,19-20H2. The molecule has 2 N–H and O–H groups in total. The highest BCUT2D eigenvalue weighted by Crippen LogP contribution is 2.29. The van der Waals surface area contributed by atoms with Gasteiger partial charge in [-0.3, -0.25) is 9.80 Å². The summed E-state index contributed by atoms with van der Waals surface area (Å²) in [4.78, 5) is 8.52. The monoisotopic (exact) mass is 540 g/mol. The van der Waals surface area contributed by atoms with Crippen molar-refractivity contribution in [2.75, 3.05) is 51.2 Å². The van der Waals surface area contributed by atoms with Crippen LogP contribution in [0.2, 0.25) is 0 Å². The van der Waals surface area contributed by atoms with Crippen molar-refractivity contribution in [1.82, 2.24) is 24.6 Å². The minimum absolute atomic E-state index is 0.0141. The van der Waals surface area contributed by atoms with E-state index in [-0.39, 0.29) is 24.7 Å². The van der Waals surface area contributed by atoms with Crippen molar-refractivity contribution in [2.24, 2.45) is 0 Å². The van der Waals surface area contributed by atoms with Crippen LogP contribution in [0, 0.1) is 11.6 Å². The summed E-state index contributed by atoms with van der Waals surface area (Å²) in [5.41, 5.74) is -0.485. The topological polar surface area (TPSA) is 78.7 Å². The van der Waals surface area contributed by atoms with Gasteiger partial charge in [-0.15, -0.1) is 0 Å². The van der Waals surface area contributed by atoms with E-state index in [1.165, 1.54) is 61.8 Å². The Kier molecular flexibility index (Phi) is 9.06. The Labute approximate surface area is 228 Å². The van der Waals surface area contributed by atoms with Crippen LogP contribution in [0.1, 0.15) is 37.7 Å². The molecule has 39 heavy (non-hydrogen) atoms. The molecule has 0 saturated carbocycles. The Morgan fingerprint density at radius 3 is 2.41 bits per heavy atom. The highest BCUT2D eigenvalue weighted by Gasteiger charge is 2.36. The molecule has 5 rings (SSSR count). The van der Waals surface area contributed by atoms with Crippen molar-refractivity contribution in [2.45, 2.75) is 50.3 Å². The first-order valence-corrected chi connectivity index (χ1v) is 13.9. The maximum absolute atomic E-state index is 14.7. The first-order valence-electron chi connectivity index (χ1n) is 13.9. The molecule has 0 bridgehead atoms. The molecular weight excluding hydrogens is 502 g/mol. The van der Waals surface area contributed by atoms with E-state index in [1.54, 1.807) is 0 Å². The van der Waals surface area contributed by atoms with Gasteiger partial charge in [0, 0.05) is 49.5 Å². The van der Waals surface area contributed by atoms with E-state index >= 15 is 0 Å². The number of nitrogens with zero attached hydrogens (tertiary/aromatic N) is 5. The lowest BCUT2D eigenvalue weighted by Crippen LogP contribution is -2.48.